The lowest BCUT2D eigenvalue weighted by Gasteiger charge is -2.28. The second-order valence-electron chi connectivity index (χ2n) is 4.40. The van der Waals surface area contributed by atoms with Crippen molar-refractivity contribution in [3.05, 3.63) is 35.9 Å². The number of benzene rings is 1. The van der Waals surface area contributed by atoms with E-state index in [4.69, 9.17) is 0 Å². The normalized spacial score (nSPS) is 16.2. The van der Waals surface area contributed by atoms with Gasteiger partial charge in [-0.3, -0.25) is 4.79 Å². The number of nitrogens with one attached hydrogen (secondary N) is 2. The number of carbonyl (C=O) groups is 3. The van der Waals surface area contributed by atoms with Crippen molar-refractivity contribution in [3.8, 4) is 0 Å². The lowest BCUT2D eigenvalue weighted by Crippen LogP contribution is -2.54. The molecule has 0 spiro atoms. The standard InChI is InChI=1S/C13H15N3O4/c17-10-8-16(7-6-14-10)13(20)15-11(12(18)19)9-4-2-1-3-5-9/h1-5,11H,6-8H2,(H,14,17)(H,15,20)(H,18,19). The van der Waals surface area contributed by atoms with Gasteiger partial charge in [-0.2, -0.15) is 0 Å². The Balaban J connectivity index is 2.07. The second-order valence-corrected chi connectivity index (χ2v) is 4.40. The summed E-state index contributed by atoms with van der Waals surface area (Å²) in [6.07, 6.45) is 0. The molecular weight excluding hydrogens is 262 g/mol. The number of rotatable bonds is 3. The van der Waals surface area contributed by atoms with Gasteiger partial charge in [0.05, 0.1) is 0 Å². The Kier molecular flexibility index (Phi) is 4.19. The minimum Gasteiger partial charge on any atom is -0.479 e. The van der Waals surface area contributed by atoms with Gasteiger partial charge in [-0.1, -0.05) is 30.3 Å². The maximum Gasteiger partial charge on any atom is 0.330 e. The van der Waals surface area contributed by atoms with E-state index >= 15 is 0 Å². The van der Waals surface area contributed by atoms with Gasteiger partial charge in [0.25, 0.3) is 0 Å². The van der Waals surface area contributed by atoms with Crippen LogP contribution in [0, 0.1) is 0 Å². The molecule has 7 heteroatoms. The fourth-order valence-corrected chi connectivity index (χ4v) is 1.96. The highest BCUT2D eigenvalue weighted by atomic mass is 16.4. The van der Waals surface area contributed by atoms with Crippen molar-refractivity contribution in [1.82, 2.24) is 15.5 Å². The lowest BCUT2D eigenvalue weighted by molar-refractivity contribution is -0.139. The number of hydrogen-bond acceptors (Lipinski definition) is 3. The van der Waals surface area contributed by atoms with E-state index in [2.05, 4.69) is 10.6 Å². The smallest absolute Gasteiger partial charge is 0.330 e. The predicted octanol–water partition coefficient (Wildman–Crippen LogP) is -0.0463. The van der Waals surface area contributed by atoms with Gasteiger partial charge in [-0.15, -0.1) is 0 Å². The average Bonchev–Trinajstić information content (AvgIpc) is 2.45. The topological polar surface area (TPSA) is 98.7 Å². The van der Waals surface area contributed by atoms with Crippen LogP contribution in [0.3, 0.4) is 0 Å². The molecular formula is C13H15N3O4. The zero-order valence-corrected chi connectivity index (χ0v) is 10.7. The quantitative estimate of drug-likeness (QED) is 0.721. The summed E-state index contributed by atoms with van der Waals surface area (Å²) < 4.78 is 0. The number of aliphatic carboxylic acids is 1. The van der Waals surface area contributed by atoms with Crippen molar-refractivity contribution in [2.24, 2.45) is 0 Å². The molecule has 1 heterocycles. The summed E-state index contributed by atoms with van der Waals surface area (Å²) in [5, 5.41) is 14.2. The highest BCUT2D eigenvalue weighted by Gasteiger charge is 2.27. The van der Waals surface area contributed by atoms with Gasteiger partial charge >= 0.3 is 12.0 Å². The molecule has 7 nitrogen and oxygen atoms in total. The van der Waals surface area contributed by atoms with E-state index in [1.807, 2.05) is 0 Å². The van der Waals surface area contributed by atoms with Gasteiger partial charge in [0.15, 0.2) is 6.04 Å². The molecule has 1 saturated heterocycles. The van der Waals surface area contributed by atoms with Crippen molar-refractivity contribution in [2.75, 3.05) is 19.6 Å². The summed E-state index contributed by atoms with van der Waals surface area (Å²) >= 11 is 0. The zero-order chi connectivity index (χ0) is 14.5. The Morgan fingerprint density at radius 1 is 1.30 bits per heavy atom. The van der Waals surface area contributed by atoms with Crippen LogP contribution in [-0.2, 0) is 9.59 Å². The lowest BCUT2D eigenvalue weighted by atomic mass is 10.1. The van der Waals surface area contributed by atoms with Crippen LogP contribution in [0.2, 0.25) is 0 Å². The summed E-state index contributed by atoms with van der Waals surface area (Å²) in [6, 6.07) is 6.73. The molecule has 1 atom stereocenters. The number of amides is 3. The summed E-state index contributed by atoms with van der Waals surface area (Å²) in [6.45, 7) is 0.668. The van der Waals surface area contributed by atoms with Gasteiger partial charge in [0.1, 0.15) is 6.54 Å². The van der Waals surface area contributed by atoms with Crippen LogP contribution in [0.15, 0.2) is 30.3 Å². The van der Waals surface area contributed by atoms with Crippen molar-refractivity contribution in [2.45, 2.75) is 6.04 Å². The molecule has 3 N–H and O–H groups in total. The van der Waals surface area contributed by atoms with Crippen molar-refractivity contribution in [1.29, 1.82) is 0 Å². The highest BCUT2D eigenvalue weighted by Crippen LogP contribution is 2.13. The number of urea groups is 1. The molecule has 1 aliphatic rings. The van der Waals surface area contributed by atoms with E-state index in [1.54, 1.807) is 30.3 Å². The SMILES string of the molecule is O=C1CN(C(=O)NC(C(=O)O)c2ccccc2)CCN1. The number of piperazine rings is 1. The van der Waals surface area contributed by atoms with E-state index < -0.39 is 18.0 Å². The number of carbonyl (C=O) groups excluding carboxylic acids is 2. The molecule has 0 aliphatic carbocycles. The van der Waals surface area contributed by atoms with Crippen molar-refractivity contribution < 1.29 is 19.5 Å². The summed E-state index contributed by atoms with van der Waals surface area (Å²) in [7, 11) is 0. The Morgan fingerprint density at radius 2 is 2.00 bits per heavy atom. The Morgan fingerprint density at radius 3 is 2.60 bits per heavy atom. The number of carboxylic acids is 1. The molecule has 1 unspecified atom stereocenters. The van der Waals surface area contributed by atoms with Crippen molar-refractivity contribution in [3.63, 3.8) is 0 Å². The molecule has 0 bridgehead atoms. The molecule has 1 aliphatic heterocycles. The molecule has 0 radical (unpaired) electrons. The minimum absolute atomic E-state index is 0.0625. The molecule has 20 heavy (non-hydrogen) atoms. The third-order valence-electron chi connectivity index (χ3n) is 2.97. The highest BCUT2D eigenvalue weighted by molar-refractivity contribution is 5.88. The van der Waals surface area contributed by atoms with E-state index in [-0.39, 0.29) is 12.5 Å². The van der Waals surface area contributed by atoms with E-state index in [0.29, 0.717) is 18.7 Å². The predicted molar refractivity (Wildman–Crippen MR) is 69.9 cm³/mol. The van der Waals surface area contributed by atoms with Crippen LogP contribution < -0.4 is 10.6 Å². The van der Waals surface area contributed by atoms with Gasteiger partial charge in [-0.05, 0) is 5.56 Å². The van der Waals surface area contributed by atoms with Gasteiger partial charge < -0.3 is 20.6 Å². The van der Waals surface area contributed by atoms with E-state index in [9.17, 15) is 19.5 Å². The van der Waals surface area contributed by atoms with Crippen LogP contribution in [0.1, 0.15) is 11.6 Å². The second kappa shape index (κ2) is 6.05. The first-order valence-electron chi connectivity index (χ1n) is 6.18. The summed E-state index contributed by atoms with van der Waals surface area (Å²) in [4.78, 5) is 35.8. The Hall–Kier alpha value is -2.57. The monoisotopic (exact) mass is 277 g/mol. The molecule has 2 rings (SSSR count). The largest absolute Gasteiger partial charge is 0.479 e. The zero-order valence-electron chi connectivity index (χ0n) is 10.7. The van der Waals surface area contributed by atoms with Crippen LogP contribution in [0.25, 0.3) is 0 Å². The first kappa shape index (κ1) is 13.9. The minimum atomic E-state index is -1.15. The van der Waals surface area contributed by atoms with Crippen LogP contribution in [-0.4, -0.2) is 47.5 Å². The molecule has 106 valence electrons. The summed E-state index contributed by atoms with van der Waals surface area (Å²) in [5.74, 6) is -1.40. The fraction of sp³-hybridized carbons (Fsp3) is 0.308. The van der Waals surface area contributed by atoms with Gasteiger partial charge in [0, 0.05) is 13.1 Å². The molecule has 3 amide bonds. The number of hydrogen-bond donors (Lipinski definition) is 3. The maximum atomic E-state index is 12.0. The summed E-state index contributed by atoms with van der Waals surface area (Å²) in [5.41, 5.74) is 0.481. The maximum absolute atomic E-state index is 12.0. The molecule has 1 aromatic rings. The molecule has 0 aromatic heterocycles. The van der Waals surface area contributed by atoms with Crippen LogP contribution >= 0.6 is 0 Å². The van der Waals surface area contributed by atoms with Crippen molar-refractivity contribution >= 4 is 17.9 Å². The third-order valence-corrected chi connectivity index (χ3v) is 2.97. The fourth-order valence-electron chi connectivity index (χ4n) is 1.96. The third kappa shape index (κ3) is 3.25. The van der Waals surface area contributed by atoms with Crippen LogP contribution in [0.5, 0.6) is 0 Å². The van der Waals surface area contributed by atoms with Gasteiger partial charge in [-0.25, -0.2) is 9.59 Å². The Bertz CT molecular complexity index is 518. The van der Waals surface area contributed by atoms with E-state index in [0.717, 1.165) is 0 Å². The first-order valence-corrected chi connectivity index (χ1v) is 6.18. The Labute approximate surface area is 115 Å². The van der Waals surface area contributed by atoms with Crippen LogP contribution in [0.4, 0.5) is 4.79 Å². The average molecular weight is 277 g/mol. The molecule has 0 saturated carbocycles. The number of carboxylic acid groups (broad SMARTS) is 1. The molecule has 1 aromatic carbocycles. The number of nitrogens with zero attached hydrogens (tertiary/aromatic N) is 1. The molecule has 1 fully saturated rings. The first-order chi connectivity index (χ1) is 9.58. The van der Waals surface area contributed by atoms with E-state index in [1.165, 1.54) is 4.90 Å². The van der Waals surface area contributed by atoms with Gasteiger partial charge in [0.2, 0.25) is 5.91 Å².